The third kappa shape index (κ3) is 4.41. The summed E-state index contributed by atoms with van der Waals surface area (Å²) in [6.07, 6.45) is 3.51. The summed E-state index contributed by atoms with van der Waals surface area (Å²) < 4.78 is 2.03. The van der Waals surface area contributed by atoms with Crippen LogP contribution in [-0.2, 0) is 6.42 Å². The number of benzene rings is 3. The molecule has 164 valence electrons. The van der Waals surface area contributed by atoms with E-state index in [4.69, 9.17) is 0 Å². The van der Waals surface area contributed by atoms with Crippen LogP contribution in [0.2, 0.25) is 0 Å². The number of hydrogen-bond donors (Lipinski definition) is 1. The summed E-state index contributed by atoms with van der Waals surface area (Å²) in [7, 11) is 1.85. The monoisotopic (exact) mass is 435 g/mol. The van der Waals surface area contributed by atoms with E-state index >= 15 is 0 Å². The van der Waals surface area contributed by atoms with Crippen molar-refractivity contribution in [1.82, 2.24) is 24.6 Å². The second kappa shape index (κ2) is 9.12. The molecule has 1 amide bonds. The lowest BCUT2D eigenvalue weighted by Crippen LogP contribution is -2.28. The number of carbonyl (C=O) groups is 1. The fourth-order valence-electron chi connectivity index (χ4n) is 4.00. The standard InChI is InChI=1S/C27H25N5O/c1-31(17-7-10-22-18-25(30-29-22)20-8-3-2-4-9-20)27(33)21-13-15-23(16-14-21)32-19-28-24-11-5-6-12-26(24)32/h2-6,8-9,11-16,18-19H,7,10,17H2,1H3,(H,29,30). The number of amides is 1. The SMILES string of the molecule is CN(CCCc1cc(-c2ccccc2)n[nH]1)C(=O)c1ccc(-n2cnc3ccccc32)cc1. The van der Waals surface area contributed by atoms with Crippen LogP contribution < -0.4 is 0 Å². The largest absolute Gasteiger partial charge is 0.342 e. The Labute approximate surface area is 192 Å². The van der Waals surface area contributed by atoms with E-state index in [-0.39, 0.29) is 5.91 Å². The summed E-state index contributed by atoms with van der Waals surface area (Å²) in [4.78, 5) is 19.1. The average molecular weight is 436 g/mol. The molecule has 2 heterocycles. The molecule has 0 atom stereocenters. The number of aromatic nitrogens is 4. The van der Waals surface area contributed by atoms with Gasteiger partial charge in [0.1, 0.15) is 6.33 Å². The molecular formula is C27H25N5O. The van der Waals surface area contributed by atoms with Crippen molar-refractivity contribution in [3.63, 3.8) is 0 Å². The number of aromatic amines is 1. The van der Waals surface area contributed by atoms with Gasteiger partial charge in [0, 0.05) is 36.1 Å². The van der Waals surface area contributed by atoms with Crippen LogP contribution in [-0.4, -0.2) is 44.1 Å². The molecule has 1 N–H and O–H groups in total. The Bertz CT molecular complexity index is 1370. The van der Waals surface area contributed by atoms with Crippen LogP contribution >= 0.6 is 0 Å². The average Bonchev–Trinajstić information content (AvgIpc) is 3.52. The number of aryl methyl sites for hydroxylation is 1. The van der Waals surface area contributed by atoms with E-state index in [1.165, 1.54) is 0 Å². The lowest BCUT2D eigenvalue weighted by Gasteiger charge is -2.17. The first-order valence-corrected chi connectivity index (χ1v) is 11.1. The third-order valence-electron chi connectivity index (χ3n) is 5.83. The third-order valence-corrected chi connectivity index (χ3v) is 5.83. The molecule has 0 saturated carbocycles. The van der Waals surface area contributed by atoms with Gasteiger partial charge in [-0.2, -0.15) is 5.10 Å². The van der Waals surface area contributed by atoms with Gasteiger partial charge in [0.05, 0.1) is 16.7 Å². The summed E-state index contributed by atoms with van der Waals surface area (Å²) in [5.74, 6) is 0.0200. The van der Waals surface area contributed by atoms with Gasteiger partial charge in [-0.25, -0.2) is 4.98 Å². The molecule has 6 heteroatoms. The molecule has 0 aliphatic heterocycles. The topological polar surface area (TPSA) is 66.8 Å². The van der Waals surface area contributed by atoms with Crippen LogP contribution in [0, 0.1) is 0 Å². The molecule has 0 aliphatic carbocycles. The molecule has 0 aliphatic rings. The van der Waals surface area contributed by atoms with Crippen molar-refractivity contribution < 1.29 is 4.79 Å². The number of rotatable bonds is 7. The van der Waals surface area contributed by atoms with E-state index in [2.05, 4.69) is 21.2 Å². The van der Waals surface area contributed by atoms with Crippen molar-refractivity contribution in [1.29, 1.82) is 0 Å². The first-order chi connectivity index (χ1) is 16.2. The van der Waals surface area contributed by atoms with Gasteiger partial charge in [0.2, 0.25) is 0 Å². The first kappa shape index (κ1) is 20.7. The van der Waals surface area contributed by atoms with Gasteiger partial charge in [-0.05, 0) is 55.3 Å². The summed E-state index contributed by atoms with van der Waals surface area (Å²) in [5.41, 5.74) is 6.77. The minimum Gasteiger partial charge on any atom is -0.342 e. The van der Waals surface area contributed by atoms with Crippen molar-refractivity contribution in [3.8, 4) is 16.9 Å². The predicted molar refractivity (Wildman–Crippen MR) is 130 cm³/mol. The van der Waals surface area contributed by atoms with Gasteiger partial charge in [-0.15, -0.1) is 0 Å². The normalized spacial score (nSPS) is 11.1. The molecule has 6 nitrogen and oxygen atoms in total. The van der Waals surface area contributed by atoms with Crippen LogP contribution in [0.1, 0.15) is 22.5 Å². The zero-order valence-corrected chi connectivity index (χ0v) is 18.5. The van der Waals surface area contributed by atoms with Gasteiger partial charge in [0.15, 0.2) is 0 Å². The van der Waals surface area contributed by atoms with E-state index in [1.807, 2.05) is 96.8 Å². The van der Waals surface area contributed by atoms with Crippen molar-refractivity contribution in [2.75, 3.05) is 13.6 Å². The van der Waals surface area contributed by atoms with E-state index in [0.29, 0.717) is 12.1 Å². The van der Waals surface area contributed by atoms with Crippen LogP contribution in [0.4, 0.5) is 0 Å². The highest BCUT2D eigenvalue weighted by Gasteiger charge is 2.13. The molecule has 0 spiro atoms. The second-order valence-electron chi connectivity index (χ2n) is 8.12. The Morgan fingerprint density at radius 3 is 2.55 bits per heavy atom. The van der Waals surface area contributed by atoms with Crippen LogP contribution in [0.15, 0.2) is 91.3 Å². The van der Waals surface area contributed by atoms with Gasteiger partial charge in [-0.1, -0.05) is 42.5 Å². The maximum absolute atomic E-state index is 12.9. The zero-order chi connectivity index (χ0) is 22.6. The predicted octanol–water partition coefficient (Wildman–Crippen LogP) is 5.12. The van der Waals surface area contributed by atoms with Gasteiger partial charge < -0.3 is 4.90 Å². The fourth-order valence-corrected chi connectivity index (χ4v) is 4.00. The summed E-state index contributed by atoms with van der Waals surface area (Å²) in [5, 5.41) is 7.51. The molecular weight excluding hydrogens is 410 g/mol. The molecule has 0 unspecified atom stereocenters. The molecule has 5 aromatic rings. The van der Waals surface area contributed by atoms with Crippen molar-refractivity contribution in [2.24, 2.45) is 0 Å². The molecule has 0 bridgehead atoms. The minimum atomic E-state index is 0.0200. The van der Waals surface area contributed by atoms with E-state index in [9.17, 15) is 4.79 Å². The molecule has 0 fully saturated rings. The number of H-pyrrole nitrogens is 1. The fraction of sp³-hybridized carbons (Fsp3) is 0.148. The van der Waals surface area contributed by atoms with Gasteiger partial charge in [-0.3, -0.25) is 14.5 Å². The maximum atomic E-state index is 12.9. The Balaban J connectivity index is 1.18. The number of nitrogens with zero attached hydrogens (tertiary/aromatic N) is 4. The quantitative estimate of drug-likeness (QED) is 0.386. The summed E-state index contributed by atoms with van der Waals surface area (Å²) in [6.45, 7) is 0.673. The van der Waals surface area contributed by atoms with E-state index in [0.717, 1.165) is 46.5 Å². The zero-order valence-electron chi connectivity index (χ0n) is 18.5. The van der Waals surface area contributed by atoms with E-state index in [1.54, 1.807) is 4.90 Å². The highest BCUT2D eigenvalue weighted by atomic mass is 16.2. The van der Waals surface area contributed by atoms with Crippen molar-refractivity contribution in [3.05, 3.63) is 103 Å². The molecule has 33 heavy (non-hydrogen) atoms. The Morgan fingerprint density at radius 2 is 1.73 bits per heavy atom. The lowest BCUT2D eigenvalue weighted by molar-refractivity contribution is 0.0793. The van der Waals surface area contributed by atoms with E-state index < -0.39 is 0 Å². The number of hydrogen-bond acceptors (Lipinski definition) is 3. The van der Waals surface area contributed by atoms with Gasteiger partial charge >= 0.3 is 0 Å². The number of imidazole rings is 1. The van der Waals surface area contributed by atoms with Crippen LogP contribution in [0.5, 0.6) is 0 Å². The van der Waals surface area contributed by atoms with Crippen LogP contribution in [0.25, 0.3) is 28.0 Å². The first-order valence-electron chi connectivity index (χ1n) is 11.1. The van der Waals surface area contributed by atoms with Gasteiger partial charge in [0.25, 0.3) is 5.91 Å². The maximum Gasteiger partial charge on any atom is 0.253 e. The van der Waals surface area contributed by atoms with Crippen molar-refractivity contribution in [2.45, 2.75) is 12.8 Å². The number of carbonyl (C=O) groups excluding carboxylic acids is 1. The smallest absolute Gasteiger partial charge is 0.253 e. The minimum absolute atomic E-state index is 0.0200. The number of fused-ring (bicyclic) bond motifs is 1. The molecule has 0 saturated heterocycles. The number of para-hydroxylation sites is 2. The molecule has 5 rings (SSSR count). The van der Waals surface area contributed by atoms with Crippen LogP contribution in [0.3, 0.4) is 0 Å². The molecule has 0 radical (unpaired) electrons. The number of nitrogens with one attached hydrogen (secondary N) is 1. The Hall–Kier alpha value is -4.19. The lowest BCUT2D eigenvalue weighted by atomic mass is 10.1. The summed E-state index contributed by atoms with van der Waals surface area (Å²) in [6, 6.07) is 27.9. The molecule has 3 aromatic carbocycles. The highest BCUT2D eigenvalue weighted by molar-refractivity contribution is 5.94. The molecule has 2 aromatic heterocycles. The highest BCUT2D eigenvalue weighted by Crippen LogP contribution is 2.19. The summed E-state index contributed by atoms with van der Waals surface area (Å²) >= 11 is 0. The van der Waals surface area contributed by atoms with Crippen molar-refractivity contribution >= 4 is 16.9 Å². The Morgan fingerprint density at radius 1 is 0.970 bits per heavy atom. The Kier molecular flexibility index (Phi) is 5.72. The second-order valence-corrected chi connectivity index (χ2v) is 8.12.